The fraction of sp³-hybridized carbons (Fsp3) is 0.390. The second-order valence-corrected chi connectivity index (χ2v) is 13.0. The fourth-order valence-electron chi connectivity index (χ4n) is 7.59. The molecule has 3 nitrogen and oxygen atoms in total. The van der Waals surface area contributed by atoms with Gasteiger partial charge in [0.05, 0.1) is 6.42 Å². The molecule has 3 unspecified atom stereocenters. The molecule has 3 atom stereocenters. The van der Waals surface area contributed by atoms with Gasteiger partial charge in [0.15, 0.2) is 5.78 Å². The Labute approximate surface area is 263 Å². The molecule has 0 aliphatic heterocycles. The average Bonchev–Trinajstić information content (AvgIpc) is 3.47. The van der Waals surface area contributed by atoms with E-state index < -0.39 is 0 Å². The molecule has 44 heavy (non-hydrogen) atoms. The smallest absolute Gasteiger partial charge is 0.163 e. The highest BCUT2D eigenvalue weighted by atomic mass is 16.1. The third-order valence-electron chi connectivity index (χ3n) is 9.75. The Bertz CT molecular complexity index is 1570. The number of hydrogen-bond acceptors (Lipinski definition) is 3. The molecule has 3 aromatic carbocycles. The minimum atomic E-state index is -0.0977. The molecule has 0 amide bonds. The molecule has 5 rings (SSSR count). The van der Waals surface area contributed by atoms with E-state index in [1.807, 2.05) is 6.07 Å². The summed E-state index contributed by atoms with van der Waals surface area (Å²) >= 11 is 0. The predicted octanol–water partition coefficient (Wildman–Crippen LogP) is 9.74. The molecule has 3 heteroatoms. The van der Waals surface area contributed by atoms with Gasteiger partial charge >= 0.3 is 0 Å². The van der Waals surface area contributed by atoms with Crippen molar-refractivity contribution in [3.8, 4) is 11.1 Å². The summed E-state index contributed by atoms with van der Waals surface area (Å²) < 4.78 is 0. The molecule has 0 fully saturated rings. The van der Waals surface area contributed by atoms with Gasteiger partial charge in [-0.3, -0.25) is 14.4 Å². The minimum absolute atomic E-state index is 0.0289. The maximum atomic E-state index is 13.6. The van der Waals surface area contributed by atoms with Gasteiger partial charge in [-0.15, -0.1) is 0 Å². The van der Waals surface area contributed by atoms with Crippen LogP contribution in [-0.4, -0.2) is 17.3 Å². The first kappa shape index (κ1) is 31.6. The van der Waals surface area contributed by atoms with Crippen LogP contribution in [0.15, 0.2) is 84.5 Å². The summed E-state index contributed by atoms with van der Waals surface area (Å²) in [6, 6.07) is 23.7. The van der Waals surface area contributed by atoms with Crippen LogP contribution in [0.25, 0.3) is 16.7 Å². The summed E-state index contributed by atoms with van der Waals surface area (Å²) in [5.74, 6) is 0.626. The molecule has 0 bridgehead atoms. The van der Waals surface area contributed by atoms with Gasteiger partial charge in [-0.2, -0.15) is 0 Å². The molecule has 0 aromatic heterocycles. The molecule has 2 aliphatic rings. The molecule has 0 radical (unpaired) electrons. The molecule has 3 aromatic rings. The number of allylic oxidation sites excluding steroid dienone is 4. The highest BCUT2D eigenvalue weighted by molar-refractivity contribution is 6.00. The topological polar surface area (TPSA) is 51.2 Å². The zero-order valence-electron chi connectivity index (χ0n) is 26.8. The van der Waals surface area contributed by atoms with E-state index in [1.54, 1.807) is 0 Å². The first-order chi connectivity index (χ1) is 21.3. The van der Waals surface area contributed by atoms with Gasteiger partial charge in [0, 0.05) is 17.9 Å². The van der Waals surface area contributed by atoms with E-state index in [4.69, 9.17) is 0 Å². The monoisotopic (exact) mass is 586 g/mol. The van der Waals surface area contributed by atoms with Crippen molar-refractivity contribution in [3.05, 3.63) is 112 Å². The summed E-state index contributed by atoms with van der Waals surface area (Å²) in [4.78, 5) is 38.2. The molecular formula is C41H46O3. The first-order valence-electron chi connectivity index (χ1n) is 16.5. The van der Waals surface area contributed by atoms with Gasteiger partial charge in [0.2, 0.25) is 0 Å². The van der Waals surface area contributed by atoms with Crippen LogP contribution in [0.1, 0.15) is 98.3 Å². The highest BCUT2D eigenvalue weighted by Gasteiger charge is 2.33. The molecule has 0 saturated carbocycles. The van der Waals surface area contributed by atoms with Crippen molar-refractivity contribution >= 4 is 22.9 Å². The quantitative estimate of drug-likeness (QED) is 0.187. The van der Waals surface area contributed by atoms with Crippen molar-refractivity contribution in [3.63, 3.8) is 0 Å². The summed E-state index contributed by atoms with van der Waals surface area (Å²) in [6.45, 7) is 7.82. The van der Waals surface area contributed by atoms with Gasteiger partial charge in [-0.05, 0) is 96.7 Å². The third kappa shape index (κ3) is 7.26. The number of Topliss-reactive ketones (excluding diaryl/α,β-unsaturated/α-hetero) is 3. The summed E-state index contributed by atoms with van der Waals surface area (Å²) in [7, 11) is 0. The van der Waals surface area contributed by atoms with Crippen molar-refractivity contribution < 1.29 is 14.4 Å². The van der Waals surface area contributed by atoms with Crippen LogP contribution >= 0.6 is 0 Å². The average molecular weight is 587 g/mol. The van der Waals surface area contributed by atoms with Gasteiger partial charge < -0.3 is 0 Å². The number of carbonyl (C=O) groups is 3. The lowest BCUT2D eigenvalue weighted by Crippen LogP contribution is -2.30. The van der Waals surface area contributed by atoms with Crippen molar-refractivity contribution in [2.24, 2.45) is 17.8 Å². The molecular weight excluding hydrogens is 540 g/mol. The summed E-state index contributed by atoms with van der Waals surface area (Å²) in [6.07, 6.45) is 11.5. The van der Waals surface area contributed by atoms with Gasteiger partial charge in [0.25, 0.3) is 0 Å². The summed E-state index contributed by atoms with van der Waals surface area (Å²) in [5.41, 5.74) is 10.8. The number of ketones is 3. The minimum Gasteiger partial charge on any atom is -0.300 e. The van der Waals surface area contributed by atoms with Crippen LogP contribution in [0.2, 0.25) is 0 Å². The van der Waals surface area contributed by atoms with Gasteiger partial charge in [0.1, 0.15) is 11.6 Å². The van der Waals surface area contributed by atoms with Crippen molar-refractivity contribution in [1.29, 1.82) is 0 Å². The fourth-order valence-corrected chi connectivity index (χ4v) is 7.59. The lowest BCUT2D eigenvalue weighted by Gasteiger charge is -2.32. The van der Waals surface area contributed by atoms with E-state index in [9.17, 15) is 14.4 Å². The third-order valence-corrected chi connectivity index (χ3v) is 9.75. The van der Waals surface area contributed by atoms with E-state index in [0.717, 1.165) is 61.6 Å². The number of benzene rings is 3. The molecule has 0 heterocycles. The largest absolute Gasteiger partial charge is 0.300 e. The van der Waals surface area contributed by atoms with Gasteiger partial charge in [-0.25, -0.2) is 0 Å². The first-order valence-corrected chi connectivity index (χ1v) is 16.5. The van der Waals surface area contributed by atoms with Crippen LogP contribution in [0.5, 0.6) is 0 Å². The van der Waals surface area contributed by atoms with E-state index in [-0.39, 0.29) is 41.5 Å². The zero-order valence-corrected chi connectivity index (χ0v) is 26.8. The Morgan fingerprint density at radius 3 is 2.27 bits per heavy atom. The maximum Gasteiger partial charge on any atom is 0.163 e. The second-order valence-electron chi connectivity index (χ2n) is 13.0. The van der Waals surface area contributed by atoms with Crippen LogP contribution in [0, 0.1) is 24.7 Å². The number of carbonyl (C=O) groups excluding carboxylic acids is 3. The number of rotatable bonds is 13. The SMILES string of the molecule is CCCC(CC1CC(=O)c2c(ccc(CC3=CC(c4ccc(-c5ccccc5)cc4)=CC3)c2C)C1)C(CC)C(=O)CC(C)=O. The highest BCUT2D eigenvalue weighted by Crippen LogP contribution is 2.38. The molecule has 2 aliphatic carbocycles. The lowest BCUT2D eigenvalue weighted by molar-refractivity contribution is -0.129. The Morgan fingerprint density at radius 2 is 1.59 bits per heavy atom. The predicted molar refractivity (Wildman–Crippen MR) is 181 cm³/mol. The van der Waals surface area contributed by atoms with Crippen molar-refractivity contribution in [2.75, 3.05) is 0 Å². The molecule has 0 N–H and O–H groups in total. The number of hydrogen-bond donors (Lipinski definition) is 0. The molecule has 228 valence electrons. The van der Waals surface area contributed by atoms with Crippen LogP contribution in [0.4, 0.5) is 0 Å². The second kappa shape index (κ2) is 14.3. The Hall–Kier alpha value is -3.85. The standard InChI is InChI=1S/C41H46O3/c1-5-10-36(38(6-2)39(43)21-27(3)42)24-30-25-37-20-19-34(28(4)41(37)40(44)26-30)22-29-13-14-35(23-29)33-17-15-32(16-18-33)31-11-8-7-9-12-31/h7-9,11-12,14-20,23,30,36,38H,5-6,10,13,21-22,24-26H2,1-4H3. The van der Waals surface area contributed by atoms with Gasteiger partial charge in [-0.1, -0.05) is 111 Å². The van der Waals surface area contributed by atoms with Crippen molar-refractivity contribution in [2.45, 2.75) is 85.5 Å². The van der Waals surface area contributed by atoms with E-state index in [2.05, 4.69) is 93.6 Å². The number of fused-ring (bicyclic) bond motifs is 1. The zero-order chi connectivity index (χ0) is 31.2. The lowest BCUT2D eigenvalue weighted by atomic mass is 9.71. The molecule has 0 saturated heterocycles. The Balaban J connectivity index is 1.26. The Morgan fingerprint density at radius 1 is 0.886 bits per heavy atom. The van der Waals surface area contributed by atoms with Crippen molar-refractivity contribution in [1.82, 2.24) is 0 Å². The normalized spacial score (nSPS) is 17.5. The Kier molecular flexibility index (Phi) is 10.3. The van der Waals surface area contributed by atoms with Crippen LogP contribution in [0.3, 0.4) is 0 Å². The van der Waals surface area contributed by atoms with Crippen LogP contribution < -0.4 is 0 Å². The maximum absolute atomic E-state index is 13.6. The van der Waals surface area contributed by atoms with E-state index in [0.29, 0.717) is 6.42 Å². The van der Waals surface area contributed by atoms with E-state index in [1.165, 1.54) is 40.3 Å². The molecule has 0 spiro atoms. The summed E-state index contributed by atoms with van der Waals surface area (Å²) in [5, 5.41) is 0. The van der Waals surface area contributed by atoms with Crippen LogP contribution in [-0.2, 0) is 22.4 Å². The van der Waals surface area contributed by atoms with E-state index >= 15 is 0 Å².